The van der Waals surface area contributed by atoms with Gasteiger partial charge in [-0.25, -0.2) is 8.78 Å². The summed E-state index contributed by atoms with van der Waals surface area (Å²) in [5.41, 5.74) is 2.11. The van der Waals surface area contributed by atoms with Gasteiger partial charge in [0.25, 0.3) is 0 Å². The number of carbonyl (C=O) groups is 1. The second kappa shape index (κ2) is 6.53. The van der Waals surface area contributed by atoms with Crippen LogP contribution in [0.4, 0.5) is 8.78 Å². The van der Waals surface area contributed by atoms with Crippen LogP contribution in [-0.2, 0) is 0 Å². The van der Waals surface area contributed by atoms with Gasteiger partial charge in [-0.1, -0.05) is 24.3 Å². The molecule has 124 valence electrons. The van der Waals surface area contributed by atoms with Crippen molar-refractivity contribution < 1.29 is 13.6 Å². The number of aromatic nitrogens is 1. The average molecular weight is 328 g/mol. The van der Waals surface area contributed by atoms with Gasteiger partial charge in [-0.2, -0.15) is 0 Å². The van der Waals surface area contributed by atoms with Crippen molar-refractivity contribution >= 4 is 16.7 Å². The number of hydrogen-bond donors (Lipinski definition) is 2. The first-order valence-electron chi connectivity index (χ1n) is 7.78. The highest BCUT2D eigenvalue weighted by Crippen LogP contribution is 2.21. The van der Waals surface area contributed by atoms with Crippen LogP contribution in [0.3, 0.4) is 0 Å². The smallest absolute Gasteiger partial charge is 0.181 e. The Morgan fingerprint density at radius 3 is 2.58 bits per heavy atom. The Bertz CT molecular complexity index is 888. The molecule has 2 aromatic carbocycles. The molecule has 2 N–H and O–H groups in total. The lowest BCUT2D eigenvalue weighted by Gasteiger charge is -2.19. The van der Waals surface area contributed by atoms with Gasteiger partial charge in [-0.05, 0) is 37.6 Å². The van der Waals surface area contributed by atoms with E-state index in [4.69, 9.17) is 0 Å². The van der Waals surface area contributed by atoms with Gasteiger partial charge in [-0.3, -0.25) is 4.79 Å². The van der Waals surface area contributed by atoms with Crippen LogP contribution in [-0.4, -0.2) is 16.8 Å². The van der Waals surface area contributed by atoms with Crippen LogP contribution in [0.2, 0.25) is 0 Å². The second-order valence-corrected chi connectivity index (χ2v) is 5.90. The Kier molecular flexibility index (Phi) is 4.44. The molecule has 0 aliphatic heterocycles. The van der Waals surface area contributed by atoms with E-state index in [1.165, 1.54) is 6.07 Å². The van der Waals surface area contributed by atoms with Crippen molar-refractivity contribution in [2.24, 2.45) is 0 Å². The quantitative estimate of drug-likeness (QED) is 0.683. The maximum Gasteiger partial charge on any atom is 0.181 e. The lowest BCUT2D eigenvalue weighted by Crippen LogP contribution is -2.35. The predicted octanol–water partition coefficient (Wildman–Crippen LogP) is 4.37. The van der Waals surface area contributed by atoms with Gasteiger partial charge in [0, 0.05) is 28.7 Å². The lowest BCUT2D eigenvalue weighted by molar-refractivity contribution is 0.0947. The molecule has 2 atom stereocenters. The number of carbonyl (C=O) groups excluding carboxylic acids is 1. The molecule has 1 aromatic heterocycles. The SMILES string of the molecule is C[C@H](N[C@@H](C)c1ccc(F)c(F)c1)C(=O)c1c[nH]c2ccccc12. The number of fused-ring (bicyclic) bond motifs is 1. The minimum absolute atomic E-state index is 0.0538. The van der Waals surface area contributed by atoms with Crippen molar-refractivity contribution in [2.75, 3.05) is 0 Å². The zero-order valence-corrected chi connectivity index (χ0v) is 13.4. The molecule has 0 bridgehead atoms. The zero-order chi connectivity index (χ0) is 17.3. The third-order valence-electron chi connectivity index (χ3n) is 4.19. The van der Waals surface area contributed by atoms with Crippen molar-refractivity contribution in [3.8, 4) is 0 Å². The number of hydrogen-bond acceptors (Lipinski definition) is 2. The Hall–Kier alpha value is -2.53. The van der Waals surface area contributed by atoms with E-state index >= 15 is 0 Å². The predicted molar refractivity (Wildman–Crippen MR) is 90.0 cm³/mol. The fourth-order valence-corrected chi connectivity index (χ4v) is 2.84. The topological polar surface area (TPSA) is 44.9 Å². The number of Topliss-reactive ketones (excluding diaryl/α,β-unsaturated/α-hetero) is 1. The van der Waals surface area contributed by atoms with Crippen LogP contribution in [0.15, 0.2) is 48.7 Å². The summed E-state index contributed by atoms with van der Waals surface area (Å²) in [4.78, 5) is 15.8. The van der Waals surface area contributed by atoms with Crippen LogP contribution < -0.4 is 5.32 Å². The Labute approximate surface area is 138 Å². The summed E-state index contributed by atoms with van der Waals surface area (Å²) >= 11 is 0. The Morgan fingerprint density at radius 2 is 1.83 bits per heavy atom. The van der Waals surface area contributed by atoms with E-state index in [0.29, 0.717) is 11.1 Å². The van der Waals surface area contributed by atoms with Gasteiger partial charge in [0.05, 0.1) is 6.04 Å². The average Bonchev–Trinajstić information content (AvgIpc) is 3.00. The van der Waals surface area contributed by atoms with Gasteiger partial charge >= 0.3 is 0 Å². The molecule has 0 unspecified atom stereocenters. The number of nitrogens with one attached hydrogen (secondary N) is 2. The number of rotatable bonds is 5. The summed E-state index contributed by atoms with van der Waals surface area (Å²) in [6.45, 7) is 3.58. The summed E-state index contributed by atoms with van der Waals surface area (Å²) in [7, 11) is 0. The third kappa shape index (κ3) is 3.08. The van der Waals surface area contributed by atoms with Gasteiger partial charge < -0.3 is 10.3 Å². The van der Waals surface area contributed by atoms with E-state index in [2.05, 4.69) is 10.3 Å². The number of halogens is 2. The summed E-state index contributed by atoms with van der Waals surface area (Å²) in [5, 5.41) is 4.01. The summed E-state index contributed by atoms with van der Waals surface area (Å²) in [6.07, 6.45) is 1.70. The van der Waals surface area contributed by atoms with E-state index in [1.54, 1.807) is 13.1 Å². The Balaban J connectivity index is 1.77. The molecular formula is C19H18F2N2O. The summed E-state index contributed by atoms with van der Waals surface area (Å²) in [5.74, 6) is -1.83. The highest BCUT2D eigenvalue weighted by molar-refractivity contribution is 6.10. The molecule has 0 amide bonds. The maximum atomic E-state index is 13.4. The number of para-hydroxylation sites is 1. The molecule has 0 saturated carbocycles. The molecule has 3 nitrogen and oxygen atoms in total. The van der Waals surface area contributed by atoms with Crippen molar-refractivity contribution in [2.45, 2.75) is 25.9 Å². The zero-order valence-electron chi connectivity index (χ0n) is 13.4. The van der Waals surface area contributed by atoms with Crippen LogP contribution >= 0.6 is 0 Å². The molecule has 0 aliphatic carbocycles. The number of ketones is 1. The molecule has 0 aliphatic rings. The van der Waals surface area contributed by atoms with E-state index in [-0.39, 0.29) is 11.8 Å². The molecule has 24 heavy (non-hydrogen) atoms. The number of H-pyrrole nitrogens is 1. The molecule has 0 fully saturated rings. The van der Waals surface area contributed by atoms with Crippen LogP contribution in [0.25, 0.3) is 10.9 Å². The molecule has 5 heteroatoms. The first-order valence-corrected chi connectivity index (χ1v) is 7.78. The largest absolute Gasteiger partial charge is 0.360 e. The number of aromatic amines is 1. The van der Waals surface area contributed by atoms with Gasteiger partial charge in [0.1, 0.15) is 0 Å². The minimum atomic E-state index is -0.892. The van der Waals surface area contributed by atoms with E-state index in [9.17, 15) is 13.6 Å². The van der Waals surface area contributed by atoms with Crippen LogP contribution in [0.5, 0.6) is 0 Å². The van der Waals surface area contributed by atoms with Crippen LogP contribution in [0, 0.1) is 11.6 Å². The molecule has 1 heterocycles. The first kappa shape index (κ1) is 16.3. The van der Waals surface area contributed by atoms with E-state index in [1.807, 2.05) is 31.2 Å². The monoisotopic (exact) mass is 328 g/mol. The van der Waals surface area contributed by atoms with E-state index < -0.39 is 17.7 Å². The van der Waals surface area contributed by atoms with Crippen LogP contribution in [0.1, 0.15) is 35.8 Å². The van der Waals surface area contributed by atoms with Gasteiger partial charge in [0.2, 0.25) is 0 Å². The third-order valence-corrected chi connectivity index (χ3v) is 4.19. The summed E-state index contributed by atoms with van der Waals surface area (Å²) in [6, 6.07) is 10.6. The van der Waals surface area contributed by atoms with Crippen molar-refractivity contribution in [1.29, 1.82) is 0 Å². The highest BCUT2D eigenvalue weighted by atomic mass is 19.2. The minimum Gasteiger partial charge on any atom is -0.360 e. The summed E-state index contributed by atoms with van der Waals surface area (Å²) < 4.78 is 26.4. The fraction of sp³-hybridized carbons (Fsp3) is 0.211. The van der Waals surface area contributed by atoms with Gasteiger partial charge in [-0.15, -0.1) is 0 Å². The standard InChI is InChI=1S/C19H18F2N2O/c1-11(13-7-8-16(20)17(21)9-13)23-12(2)19(24)15-10-22-18-6-4-3-5-14(15)18/h3-12,22-23H,1-2H3/t11-,12-/m0/s1. The fourth-order valence-electron chi connectivity index (χ4n) is 2.84. The van der Waals surface area contributed by atoms with Gasteiger partial charge in [0.15, 0.2) is 17.4 Å². The van der Waals surface area contributed by atoms with Crippen molar-refractivity contribution in [3.63, 3.8) is 0 Å². The lowest BCUT2D eigenvalue weighted by atomic mass is 10.0. The molecule has 0 saturated heterocycles. The molecule has 0 spiro atoms. The molecule has 0 radical (unpaired) electrons. The van der Waals surface area contributed by atoms with E-state index in [0.717, 1.165) is 23.0 Å². The number of benzene rings is 2. The Morgan fingerprint density at radius 1 is 1.08 bits per heavy atom. The molecule has 3 aromatic rings. The van der Waals surface area contributed by atoms with Crippen molar-refractivity contribution in [3.05, 3.63) is 71.4 Å². The first-order chi connectivity index (χ1) is 11.5. The highest BCUT2D eigenvalue weighted by Gasteiger charge is 2.21. The van der Waals surface area contributed by atoms with Crippen molar-refractivity contribution in [1.82, 2.24) is 10.3 Å². The normalized spacial score (nSPS) is 13.8. The molecule has 3 rings (SSSR count). The molecular weight excluding hydrogens is 310 g/mol. The second-order valence-electron chi connectivity index (χ2n) is 5.90. The maximum absolute atomic E-state index is 13.4.